The Morgan fingerprint density at radius 1 is 1.58 bits per heavy atom. The Morgan fingerprint density at radius 3 is 2.75 bits per heavy atom. The molecule has 1 rings (SSSR count). The van der Waals surface area contributed by atoms with Crippen molar-refractivity contribution in [1.29, 1.82) is 0 Å². The Balaban J connectivity index is 3.15. The van der Waals surface area contributed by atoms with E-state index in [0.29, 0.717) is 5.88 Å². The molecule has 0 aliphatic carbocycles. The van der Waals surface area contributed by atoms with Crippen LogP contribution in [0, 0.1) is 0 Å². The van der Waals surface area contributed by atoms with E-state index in [0.717, 1.165) is 15.7 Å². The van der Waals surface area contributed by atoms with Gasteiger partial charge in [0.1, 0.15) is 4.60 Å². The quantitative estimate of drug-likeness (QED) is 0.726. The summed E-state index contributed by atoms with van der Waals surface area (Å²) < 4.78 is 5.77. The number of halogens is 1. The van der Waals surface area contributed by atoms with E-state index in [1.54, 1.807) is 7.11 Å². The smallest absolute Gasteiger partial charge is 0.214 e. The monoisotopic (exact) mass is 227 g/mol. The van der Waals surface area contributed by atoms with Gasteiger partial charge in [0.25, 0.3) is 0 Å². The van der Waals surface area contributed by atoms with Crippen molar-refractivity contribution in [2.24, 2.45) is 0 Å². The van der Waals surface area contributed by atoms with Crippen LogP contribution in [0.2, 0.25) is 0 Å². The lowest BCUT2D eigenvalue weighted by Crippen LogP contribution is -1.89. The van der Waals surface area contributed by atoms with Gasteiger partial charge in [-0.25, -0.2) is 4.98 Å². The Hall–Kier alpha value is -0.830. The first-order chi connectivity index (χ1) is 5.63. The van der Waals surface area contributed by atoms with Gasteiger partial charge in [-0.05, 0) is 34.5 Å². The predicted molar refractivity (Wildman–Crippen MR) is 53.2 cm³/mol. The predicted octanol–water partition coefficient (Wildman–Crippen LogP) is 2.89. The second-order valence-corrected chi connectivity index (χ2v) is 3.31. The van der Waals surface area contributed by atoms with Gasteiger partial charge >= 0.3 is 0 Å². The molecule has 0 radical (unpaired) electrons. The highest BCUT2D eigenvalue weighted by molar-refractivity contribution is 9.10. The van der Waals surface area contributed by atoms with Crippen molar-refractivity contribution in [3.8, 4) is 5.88 Å². The highest BCUT2D eigenvalue weighted by Gasteiger charge is 2.00. The van der Waals surface area contributed by atoms with E-state index in [1.165, 1.54) is 0 Å². The zero-order chi connectivity index (χ0) is 9.14. The summed E-state index contributed by atoms with van der Waals surface area (Å²) in [5.74, 6) is 0.599. The van der Waals surface area contributed by atoms with Crippen LogP contribution in [0.5, 0.6) is 5.88 Å². The van der Waals surface area contributed by atoms with Crippen molar-refractivity contribution in [2.75, 3.05) is 7.11 Å². The fourth-order valence-electron chi connectivity index (χ4n) is 0.824. The van der Waals surface area contributed by atoms with Gasteiger partial charge in [-0.3, -0.25) is 0 Å². The zero-order valence-corrected chi connectivity index (χ0v) is 8.68. The van der Waals surface area contributed by atoms with Crippen molar-refractivity contribution in [3.05, 3.63) is 28.9 Å². The number of pyridine rings is 1. The van der Waals surface area contributed by atoms with Crippen LogP contribution in [-0.2, 0) is 0 Å². The number of hydrogen-bond acceptors (Lipinski definition) is 2. The second kappa shape index (κ2) is 3.72. The molecule has 0 aliphatic rings. The van der Waals surface area contributed by atoms with Crippen molar-refractivity contribution in [2.45, 2.75) is 6.92 Å². The third-order valence-corrected chi connectivity index (χ3v) is 1.88. The van der Waals surface area contributed by atoms with Gasteiger partial charge in [-0.2, -0.15) is 0 Å². The molecule has 0 atom stereocenters. The molecule has 1 heterocycles. The number of ether oxygens (including phenoxy) is 1. The van der Waals surface area contributed by atoms with Crippen molar-refractivity contribution >= 4 is 21.5 Å². The first-order valence-corrected chi connectivity index (χ1v) is 4.30. The molecule has 0 aromatic carbocycles. The van der Waals surface area contributed by atoms with Crippen LogP contribution in [-0.4, -0.2) is 12.1 Å². The minimum Gasteiger partial charge on any atom is -0.481 e. The lowest BCUT2D eigenvalue weighted by atomic mass is 10.1. The topological polar surface area (TPSA) is 22.1 Å². The summed E-state index contributed by atoms with van der Waals surface area (Å²) in [4.78, 5) is 4.09. The molecule has 0 saturated heterocycles. The van der Waals surface area contributed by atoms with Crippen molar-refractivity contribution in [3.63, 3.8) is 0 Å². The van der Waals surface area contributed by atoms with Crippen LogP contribution in [0.15, 0.2) is 23.3 Å². The fourth-order valence-corrected chi connectivity index (χ4v) is 1.25. The van der Waals surface area contributed by atoms with Crippen LogP contribution in [0.1, 0.15) is 12.5 Å². The molecule has 0 saturated carbocycles. The van der Waals surface area contributed by atoms with Gasteiger partial charge < -0.3 is 4.74 Å². The molecule has 3 heteroatoms. The van der Waals surface area contributed by atoms with E-state index < -0.39 is 0 Å². The lowest BCUT2D eigenvalue weighted by molar-refractivity contribution is 0.397. The second-order valence-electron chi connectivity index (χ2n) is 2.50. The minimum atomic E-state index is 0.599. The number of methoxy groups -OCH3 is 1. The molecule has 0 bridgehead atoms. The van der Waals surface area contributed by atoms with E-state index in [4.69, 9.17) is 4.74 Å². The molecule has 0 spiro atoms. The molecule has 1 aromatic heterocycles. The molecule has 64 valence electrons. The molecular formula is C9H10BrNO. The molecular weight excluding hydrogens is 218 g/mol. The van der Waals surface area contributed by atoms with Gasteiger partial charge in [-0.15, -0.1) is 0 Å². The summed E-state index contributed by atoms with van der Waals surface area (Å²) in [5.41, 5.74) is 2.03. The van der Waals surface area contributed by atoms with Gasteiger partial charge in [0.2, 0.25) is 5.88 Å². The summed E-state index contributed by atoms with van der Waals surface area (Å²) in [6, 6.07) is 3.76. The minimum absolute atomic E-state index is 0.599. The normalized spacial score (nSPS) is 9.58. The van der Waals surface area contributed by atoms with E-state index in [2.05, 4.69) is 27.5 Å². The first-order valence-electron chi connectivity index (χ1n) is 3.51. The molecule has 0 unspecified atom stereocenters. The Morgan fingerprint density at radius 2 is 2.25 bits per heavy atom. The summed E-state index contributed by atoms with van der Waals surface area (Å²) in [7, 11) is 1.59. The molecule has 0 N–H and O–H groups in total. The Bertz CT molecular complexity index is 309. The van der Waals surface area contributed by atoms with Gasteiger partial charge in [0, 0.05) is 6.07 Å². The van der Waals surface area contributed by atoms with Gasteiger partial charge in [-0.1, -0.05) is 12.2 Å². The maximum Gasteiger partial charge on any atom is 0.214 e. The third kappa shape index (κ3) is 2.08. The van der Waals surface area contributed by atoms with Crippen LogP contribution in [0.4, 0.5) is 0 Å². The Kier molecular flexibility index (Phi) is 2.87. The molecule has 1 aromatic rings. The number of nitrogens with zero attached hydrogens (tertiary/aromatic N) is 1. The standard InChI is InChI=1S/C9H10BrNO/c1-6(2)7-4-8(10)11-9(5-7)12-3/h4-5H,1H2,2-3H3. The third-order valence-electron chi connectivity index (χ3n) is 1.47. The van der Waals surface area contributed by atoms with Crippen LogP contribution in [0.3, 0.4) is 0 Å². The van der Waals surface area contributed by atoms with E-state index >= 15 is 0 Å². The van der Waals surface area contributed by atoms with E-state index in [9.17, 15) is 0 Å². The van der Waals surface area contributed by atoms with Crippen molar-refractivity contribution in [1.82, 2.24) is 4.98 Å². The lowest BCUT2D eigenvalue weighted by Gasteiger charge is -2.03. The molecule has 0 aliphatic heterocycles. The Labute approximate surface area is 80.4 Å². The first kappa shape index (κ1) is 9.26. The van der Waals surface area contributed by atoms with Crippen LogP contribution >= 0.6 is 15.9 Å². The van der Waals surface area contributed by atoms with Crippen LogP contribution < -0.4 is 4.74 Å². The highest BCUT2D eigenvalue weighted by atomic mass is 79.9. The average molecular weight is 228 g/mol. The fraction of sp³-hybridized carbons (Fsp3) is 0.222. The summed E-state index contributed by atoms with van der Waals surface area (Å²) in [6.45, 7) is 5.78. The highest BCUT2D eigenvalue weighted by Crippen LogP contribution is 2.20. The largest absolute Gasteiger partial charge is 0.481 e. The SMILES string of the molecule is C=C(C)c1cc(Br)nc(OC)c1. The summed E-state index contributed by atoms with van der Waals surface area (Å²) in [5, 5.41) is 0. The number of hydrogen-bond donors (Lipinski definition) is 0. The summed E-state index contributed by atoms with van der Waals surface area (Å²) >= 11 is 3.29. The maximum absolute atomic E-state index is 5.00. The number of rotatable bonds is 2. The molecule has 2 nitrogen and oxygen atoms in total. The molecule has 0 fully saturated rings. The van der Waals surface area contributed by atoms with Gasteiger partial charge in [0.05, 0.1) is 7.11 Å². The molecule has 12 heavy (non-hydrogen) atoms. The average Bonchev–Trinajstić information content (AvgIpc) is 2.03. The summed E-state index contributed by atoms with van der Waals surface area (Å²) in [6.07, 6.45) is 0. The number of aromatic nitrogens is 1. The van der Waals surface area contributed by atoms with Crippen molar-refractivity contribution < 1.29 is 4.74 Å². The van der Waals surface area contributed by atoms with E-state index in [1.807, 2.05) is 19.1 Å². The number of allylic oxidation sites excluding steroid dienone is 1. The van der Waals surface area contributed by atoms with E-state index in [-0.39, 0.29) is 0 Å². The van der Waals surface area contributed by atoms with Crippen LogP contribution in [0.25, 0.3) is 5.57 Å². The van der Waals surface area contributed by atoms with Gasteiger partial charge in [0.15, 0.2) is 0 Å². The zero-order valence-electron chi connectivity index (χ0n) is 7.10. The maximum atomic E-state index is 5.00. The molecule has 0 amide bonds.